The number of benzene rings is 1. The molecule has 3 aromatic heterocycles. The highest BCUT2D eigenvalue weighted by Gasteiger charge is 2.27. The van der Waals surface area contributed by atoms with Crippen molar-refractivity contribution < 1.29 is 4.79 Å². The van der Waals surface area contributed by atoms with Crippen LogP contribution < -0.4 is 0 Å². The summed E-state index contributed by atoms with van der Waals surface area (Å²) in [6.45, 7) is 8.99. The van der Waals surface area contributed by atoms with Crippen LogP contribution in [-0.2, 0) is 4.79 Å². The lowest BCUT2D eigenvalue weighted by atomic mass is 9.87. The van der Waals surface area contributed by atoms with Gasteiger partial charge in [0.15, 0.2) is 5.65 Å². The van der Waals surface area contributed by atoms with Crippen molar-refractivity contribution in [3.63, 3.8) is 0 Å². The molecule has 2 aliphatic rings. The summed E-state index contributed by atoms with van der Waals surface area (Å²) >= 11 is 0. The third-order valence-corrected chi connectivity index (χ3v) is 7.94. The van der Waals surface area contributed by atoms with Crippen molar-refractivity contribution in [2.75, 3.05) is 32.7 Å². The molecule has 1 aromatic carbocycles. The van der Waals surface area contributed by atoms with Crippen molar-refractivity contribution in [1.29, 1.82) is 0 Å². The molecule has 0 spiro atoms. The zero-order valence-electron chi connectivity index (χ0n) is 20.7. The van der Waals surface area contributed by atoms with Crippen LogP contribution in [0.15, 0.2) is 36.7 Å². The fourth-order valence-electron chi connectivity index (χ4n) is 6.06. The number of rotatable bonds is 5. The molecule has 0 radical (unpaired) electrons. The number of amides is 1. The van der Waals surface area contributed by atoms with Crippen LogP contribution in [0.1, 0.15) is 62.5 Å². The van der Waals surface area contributed by atoms with Crippen molar-refractivity contribution in [1.82, 2.24) is 30.0 Å². The number of fused-ring (bicyclic) bond motifs is 2. The van der Waals surface area contributed by atoms with E-state index < -0.39 is 0 Å². The Morgan fingerprint density at radius 3 is 2.66 bits per heavy atom. The van der Waals surface area contributed by atoms with E-state index in [0.717, 1.165) is 61.3 Å². The lowest BCUT2D eigenvalue weighted by Gasteiger charge is -2.33. The van der Waals surface area contributed by atoms with E-state index in [1.807, 2.05) is 12.4 Å². The molecule has 0 unspecified atom stereocenters. The zero-order chi connectivity index (χ0) is 23.9. The molecule has 7 heteroatoms. The predicted molar refractivity (Wildman–Crippen MR) is 139 cm³/mol. The quantitative estimate of drug-likeness (QED) is 0.429. The topological polar surface area (TPSA) is 80.9 Å². The Morgan fingerprint density at radius 2 is 1.89 bits per heavy atom. The van der Waals surface area contributed by atoms with Crippen LogP contribution >= 0.6 is 0 Å². The van der Waals surface area contributed by atoms with E-state index in [1.165, 1.54) is 34.9 Å². The van der Waals surface area contributed by atoms with Gasteiger partial charge in [0.2, 0.25) is 5.91 Å². The SMILES string of the molecule is CC(C)c1c(-c2ccnc3[nH]ncc23)[nH]c2ccc(C3CCN(C(=O)CN4CCCC4)CC3)cc12. The summed E-state index contributed by atoms with van der Waals surface area (Å²) in [6.07, 6.45) is 8.22. The van der Waals surface area contributed by atoms with Crippen molar-refractivity contribution in [3.05, 3.63) is 47.8 Å². The molecule has 2 saturated heterocycles. The van der Waals surface area contributed by atoms with E-state index in [1.54, 1.807) is 0 Å². The maximum atomic E-state index is 12.8. The number of carbonyl (C=O) groups excluding carboxylic acids is 1. The smallest absolute Gasteiger partial charge is 0.236 e. The first-order valence-electron chi connectivity index (χ1n) is 13.0. The lowest BCUT2D eigenvalue weighted by Crippen LogP contribution is -2.43. The van der Waals surface area contributed by atoms with Crippen LogP contribution in [0, 0.1) is 0 Å². The van der Waals surface area contributed by atoms with Gasteiger partial charge in [0, 0.05) is 41.1 Å². The number of likely N-dealkylation sites (tertiary alicyclic amines) is 2. The monoisotopic (exact) mass is 470 g/mol. The Bertz CT molecular complexity index is 1350. The fourth-order valence-corrected chi connectivity index (χ4v) is 6.06. The van der Waals surface area contributed by atoms with Crippen LogP contribution in [0.5, 0.6) is 0 Å². The van der Waals surface area contributed by atoms with E-state index in [4.69, 9.17) is 0 Å². The summed E-state index contributed by atoms with van der Waals surface area (Å²) in [5, 5.41) is 9.53. The second-order valence-corrected chi connectivity index (χ2v) is 10.5. The van der Waals surface area contributed by atoms with Crippen molar-refractivity contribution in [2.24, 2.45) is 0 Å². The van der Waals surface area contributed by atoms with Crippen LogP contribution in [-0.4, -0.2) is 68.6 Å². The first-order valence-corrected chi connectivity index (χ1v) is 13.0. The number of hydrogen-bond donors (Lipinski definition) is 2. The summed E-state index contributed by atoms with van der Waals surface area (Å²) in [6, 6.07) is 8.98. The average Bonchev–Trinajstić information content (AvgIpc) is 3.62. The molecule has 2 aliphatic heterocycles. The molecular weight excluding hydrogens is 436 g/mol. The number of H-pyrrole nitrogens is 2. The van der Waals surface area contributed by atoms with Crippen LogP contribution in [0.3, 0.4) is 0 Å². The number of aromatic nitrogens is 4. The van der Waals surface area contributed by atoms with Gasteiger partial charge in [0.25, 0.3) is 0 Å². The maximum Gasteiger partial charge on any atom is 0.236 e. The molecule has 0 atom stereocenters. The van der Waals surface area contributed by atoms with Crippen molar-refractivity contribution in [3.8, 4) is 11.3 Å². The van der Waals surface area contributed by atoms with E-state index >= 15 is 0 Å². The molecule has 0 saturated carbocycles. The zero-order valence-corrected chi connectivity index (χ0v) is 20.7. The minimum atomic E-state index is 0.307. The van der Waals surface area contributed by atoms with Gasteiger partial charge >= 0.3 is 0 Å². The summed E-state index contributed by atoms with van der Waals surface area (Å²) in [7, 11) is 0. The minimum Gasteiger partial charge on any atom is -0.354 e. The number of aromatic amines is 2. The summed E-state index contributed by atoms with van der Waals surface area (Å²) in [5.74, 6) is 1.17. The summed E-state index contributed by atoms with van der Waals surface area (Å²) in [4.78, 5) is 25.3. The summed E-state index contributed by atoms with van der Waals surface area (Å²) in [5.41, 5.74) is 6.99. The Morgan fingerprint density at radius 1 is 1.09 bits per heavy atom. The van der Waals surface area contributed by atoms with Crippen LogP contribution in [0.4, 0.5) is 0 Å². The van der Waals surface area contributed by atoms with Gasteiger partial charge in [0.1, 0.15) is 0 Å². The molecule has 4 aromatic rings. The van der Waals surface area contributed by atoms with Gasteiger partial charge in [0.05, 0.1) is 18.4 Å². The van der Waals surface area contributed by atoms with Gasteiger partial charge in [-0.05, 0) is 79.9 Å². The Kier molecular flexibility index (Phi) is 5.80. The summed E-state index contributed by atoms with van der Waals surface area (Å²) < 4.78 is 0. The lowest BCUT2D eigenvalue weighted by molar-refractivity contribution is -0.133. The number of carbonyl (C=O) groups is 1. The van der Waals surface area contributed by atoms with E-state index in [9.17, 15) is 4.79 Å². The number of hydrogen-bond acceptors (Lipinski definition) is 4. The van der Waals surface area contributed by atoms with Crippen molar-refractivity contribution in [2.45, 2.75) is 51.4 Å². The molecule has 2 fully saturated rings. The van der Waals surface area contributed by atoms with Gasteiger partial charge in [-0.25, -0.2) is 4.98 Å². The number of nitrogens with zero attached hydrogens (tertiary/aromatic N) is 4. The second kappa shape index (κ2) is 9.11. The minimum absolute atomic E-state index is 0.307. The molecule has 2 N–H and O–H groups in total. The number of pyridine rings is 1. The third-order valence-electron chi connectivity index (χ3n) is 7.94. The van der Waals surface area contributed by atoms with Gasteiger partial charge in [-0.3, -0.25) is 14.8 Å². The second-order valence-electron chi connectivity index (χ2n) is 10.5. The van der Waals surface area contributed by atoms with Crippen molar-refractivity contribution >= 4 is 27.8 Å². The molecule has 1 amide bonds. The van der Waals surface area contributed by atoms with E-state index in [0.29, 0.717) is 24.3 Å². The molecule has 0 bridgehead atoms. The fraction of sp³-hybridized carbons (Fsp3) is 0.464. The van der Waals surface area contributed by atoms with Gasteiger partial charge in [-0.15, -0.1) is 0 Å². The van der Waals surface area contributed by atoms with Crippen LogP contribution in [0.2, 0.25) is 0 Å². The highest BCUT2D eigenvalue weighted by atomic mass is 16.2. The Balaban J connectivity index is 1.26. The first-order chi connectivity index (χ1) is 17.1. The Labute approximate surface area is 205 Å². The van der Waals surface area contributed by atoms with Gasteiger partial charge < -0.3 is 9.88 Å². The number of piperidine rings is 1. The third kappa shape index (κ3) is 4.12. The molecule has 182 valence electrons. The molecule has 6 rings (SSSR count). The number of nitrogens with one attached hydrogen (secondary N) is 2. The van der Waals surface area contributed by atoms with Gasteiger partial charge in [-0.2, -0.15) is 5.10 Å². The maximum absolute atomic E-state index is 12.8. The average molecular weight is 471 g/mol. The molecule has 35 heavy (non-hydrogen) atoms. The molecular formula is C28H34N6O. The molecule has 0 aliphatic carbocycles. The normalized spacial score (nSPS) is 17.9. The highest BCUT2D eigenvalue weighted by Crippen LogP contribution is 2.39. The standard InChI is InChI=1S/C28H34N6O/c1-18(2)26-22-15-20(19-8-13-34(14-9-19)25(35)17-33-11-3-4-12-33)5-6-24(22)31-27(26)21-7-10-29-28-23(21)16-30-32-28/h5-7,10,15-16,18-19,31H,3-4,8-9,11-14,17H2,1-2H3,(H,29,30,32). The Hall–Kier alpha value is -3.19. The van der Waals surface area contributed by atoms with E-state index in [2.05, 4.69) is 68.1 Å². The van der Waals surface area contributed by atoms with E-state index in [-0.39, 0.29) is 0 Å². The first kappa shape index (κ1) is 22.3. The largest absolute Gasteiger partial charge is 0.354 e. The molecule has 7 nitrogen and oxygen atoms in total. The molecule has 5 heterocycles. The predicted octanol–water partition coefficient (Wildman–Crippen LogP) is 5.03. The highest BCUT2D eigenvalue weighted by molar-refractivity contribution is 5.98. The van der Waals surface area contributed by atoms with Crippen LogP contribution in [0.25, 0.3) is 33.2 Å². The van der Waals surface area contributed by atoms with Gasteiger partial charge in [-0.1, -0.05) is 19.9 Å².